The van der Waals surface area contributed by atoms with E-state index < -0.39 is 18.8 Å². The number of nitrogens with one attached hydrogen (secondary N) is 3. The maximum absolute atomic E-state index is 12.7. The van der Waals surface area contributed by atoms with Gasteiger partial charge in [-0.15, -0.1) is 10.2 Å². The van der Waals surface area contributed by atoms with Crippen molar-refractivity contribution in [1.82, 2.24) is 35.6 Å². The molecule has 2 amide bonds. The largest absolute Gasteiger partial charge is 0.494 e. The second-order valence-electron chi connectivity index (χ2n) is 8.71. The molecule has 12 heteroatoms. The zero-order valence-corrected chi connectivity index (χ0v) is 19.2. The highest BCUT2D eigenvalue weighted by atomic mass is 16.5. The molecule has 1 aliphatic heterocycles. The molecule has 2 aliphatic rings. The van der Waals surface area contributed by atoms with Crippen molar-refractivity contribution in [2.24, 2.45) is 0 Å². The van der Waals surface area contributed by atoms with Gasteiger partial charge in [-0.1, -0.05) is 6.07 Å². The number of hydrogen-bond donors (Lipinski definition) is 3. The van der Waals surface area contributed by atoms with Gasteiger partial charge in [-0.25, -0.2) is 9.67 Å². The lowest BCUT2D eigenvalue weighted by Gasteiger charge is -2.37. The van der Waals surface area contributed by atoms with E-state index in [1.165, 1.54) is 13.2 Å². The summed E-state index contributed by atoms with van der Waals surface area (Å²) in [5.41, 5.74) is 0.426. The van der Waals surface area contributed by atoms with Crippen molar-refractivity contribution < 1.29 is 23.2 Å². The Labute approximate surface area is 205 Å². The van der Waals surface area contributed by atoms with E-state index in [-0.39, 0.29) is 28.7 Å². The fourth-order valence-electron chi connectivity index (χ4n) is 3.66. The number of ether oxygens (including phenoxy) is 2. The monoisotopic (exact) mass is 481 g/mol. The number of rotatable bonds is 8. The van der Waals surface area contributed by atoms with E-state index in [4.69, 9.17) is 13.6 Å². The predicted molar refractivity (Wildman–Crippen MR) is 126 cm³/mol. The number of aromatic nitrogens is 5. The van der Waals surface area contributed by atoms with Crippen molar-refractivity contribution in [3.05, 3.63) is 42.0 Å². The van der Waals surface area contributed by atoms with Gasteiger partial charge in [0.2, 0.25) is 0 Å². The van der Waals surface area contributed by atoms with Crippen LogP contribution in [0.2, 0.25) is 0 Å². The van der Waals surface area contributed by atoms with Gasteiger partial charge in [0.1, 0.15) is 11.9 Å². The summed E-state index contributed by atoms with van der Waals surface area (Å²) in [4.78, 5) is 29.8. The van der Waals surface area contributed by atoms with Gasteiger partial charge in [0.05, 0.1) is 37.3 Å². The average Bonchev–Trinajstić information content (AvgIpc) is 3.52. The van der Waals surface area contributed by atoms with Crippen LogP contribution in [0.25, 0.3) is 11.4 Å². The minimum Gasteiger partial charge on any atom is -0.494 e. The van der Waals surface area contributed by atoms with Gasteiger partial charge in [-0.3, -0.25) is 9.59 Å². The summed E-state index contributed by atoms with van der Waals surface area (Å²) in [5, 5.41) is 20.1. The third-order valence-electron chi connectivity index (χ3n) is 5.87. The highest BCUT2D eigenvalue weighted by Crippen LogP contribution is 2.37. The SMILES string of the molecule is [2H]C([2H])([2H])NC(=O)c1nnc(C(=O)NC2CC2)cc1Nc1cccc(-c2ncn(C3(C)COC3)n2)c1OC. The number of para-hydroxylation sites is 1. The maximum atomic E-state index is 12.7. The maximum Gasteiger partial charge on any atom is 0.273 e. The third kappa shape index (κ3) is 4.39. The lowest BCUT2D eigenvalue weighted by Crippen LogP contribution is -2.49. The van der Waals surface area contributed by atoms with Gasteiger partial charge < -0.3 is 25.4 Å². The number of carbonyl (C=O) groups excluding carboxylic acids is 2. The topological polar surface area (TPSA) is 145 Å². The smallest absolute Gasteiger partial charge is 0.273 e. The Morgan fingerprint density at radius 3 is 2.74 bits per heavy atom. The van der Waals surface area contributed by atoms with Crippen LogP contribution in [0.4, 0.5) is 11.4 Å². The van der Waals surface area contributed by atoms with Crippen LogP contribution in [0.1, 0.15) is 44.9 Å². The molecule has 1 aliphatic carbocycles. The molecule has 3 N–H and O–H groups in total. The van der Waals surface area contributed by atoms with Gasteiger partial charge in [0, 0.05) is 17.1 Å². The predicted octanol–water partition coefficient (Wildman–Crippen LogP) is 1.48. The molecule has 2 aromatic heterocycles. The van der Waals surface area contributed by atoms with E-state index in [0.717, 1.165) is 12.8 Å². The lowest BCUT2D eigenvalue weighted by atomic mass is 10.0. The van der Waals surface area contributed by atoms with E-state index in [1.54, 1.807) is 29.2 Å². The first-order valence-electron chi connectivity index (χ1n) is 12.5. The van der Waals surface area contributed by atoms with Gasteiger partial charge in [0.25, 0.3) is 11.8 Å². The zero-order chi connectivity index (χ0) is 27.1. The molecule has 3 heterocycles. The Balaban J connectivity index is 1.50. The van der Waals surface area contributed by atoms with Gasteiger partial charge in [-0.2, -0.15) is 5.10 Å². The molecule has 5 rings (SSSR count). The van der Waals surface area contributed by atoms with Crippen molar-refractivity contribution in [2.75, 3.05) is 32.6 Å². The van der Waals surface area contributed by atoms with E-state index in [2.05, 4.69) is 30.9 Å². The number of benzene rings is 1. The molecule has 0 unspecified atom stereocenters. The lowest BCUT2D eigenvalue weighted by molar-refractivity contribution is -0.0958. The molecule has 2 fully saturated rings. The second kappa shape index (κ2) is 8.95. The quantitative estimate of drug-likeness (QED) is 0.435. The summed E-state index contributed by atoms with van der Waals surface area (Å²) < 4.78 is 34.9. The Morgan fingerprint density at radius 1 is 1.23 bits per heavy atom. The first kappa shape index (κ1) is 19.3. The number of hydrogen-bond acceptors (Lipinski definition) is 9. The van der Waals surface area contributed by atoms with Crippen LogP contribution in [-0.2, 0) is 10.3 Å². The Kier molecular flexibility index (Phi) is 4.93. The van der Waals surface area contributed by atoms with Crippen LogP contribution < -0.4 is 20.7 Å². The molecule has 0 bridgehead atoms. The Bertz CT molecular complexity index is 1390. The number of anilines is 2. The summed E-state index contributed by atoms with van der Waals surface area (Å²) in [5.74, 6) is -0.657. The Hall–Kier alpha value is -4.06. The third-order valence-corrected chi connectivity index (χ3v) is 5.87. The fourth-order valence-corrected chi connectivity index (χ4v) is 3.66. The normalized spacial score (nSPS) is 17.8. The molecule has 0 atom stereocenters. The van der Waals surface area contributed by atoms with E-state index in [1.807, 2.05) is 12.2 Å². The summed E-state index contributed by atoms with van der Waals surface area (Å²) in [6.07, 6.45) is 3.39. The summed E-state index contributed by atoms with van der Waals surface area (Å²) in [7, 11) is 1.48. The van der Waals surface area contributed by atoms with Gasteiger partial charge >= 0.3 is 0 Å². The molecular weight excluding hydrogens is 452 g/mol. The fraction of sp³-hybridized carbons (Fsp3) is 0.391. The van der Waals surface area contributed by atoms with Crippen LogP contribution in [-0.4, -0.2) is 70.1 Å². The Morgan fingerprint density at radius 2 is 2.06 bits per heavy atom. The second-order valence-corrected chi connectivity index (χ2v) is 8.71. The summed E-state index contributed by atoms with van der Waals surface area (Å²) >= 11 is 0. The highest BCUT2D eigenvalue weighted by molar-refractivity contribution is 6.00. The zero-order valence-electron chi connectivity index (χ0n) is 22.2. The molecule has 1 saturated carbocycles. The first-order valence-corrected chi connectivity index (χ1v) is 11.0. The van der Waals surface area contributed by atoms with E-state index >= 15 is 0 Å². The van der Waals surface area contributed by atoms with Crippen LogP contribution in [0.3, 0.4) is 0 Å². The van der Waals surface area contributed by atoms with Crippen LogP contribution in [0.5, 0.6) is 5.75 Å². The standard InChI is InChI=1S/C23H26N8O4/c1-23(10-35-11-23)31-12-25-20(30-31)14-5-4-6-15(19(14)34-3)27-16-9-17(21(32)26-13-7-8-13)28-29-18(16)22(33)24-2/h4-6,9,12-13H,7-8,10-11H2,1-3H3,(H,24,33)(H,26,32)(H,27,28)/i2D3. The van der Waals surface area contributed by atoms with Gasteiger partial charge in [0.15, 0.2) is 23.0 Å². The summed E-state index contributed by atoms with van der Waals surface area (Å²) in [6.45, 7) is 0.328. The number of methoxy groups -OCH3 is 1. The first-order chi connectivity index (χ1) is 18.1. The van der Waals surface area contributed by atoms with E-state index in [9.17, 15) is 9.59 Å². The molecule has 12 nitrogen and oxygen atoms in total. The molecule has 1 saturated heterocycles. The highest BCUT2D eigenvalue weighted by Gasteiger charge is 2.37. The minimum absolute atomic E-state index is 0.0312. The van der Waals surface area contributed by atoms with Crippen LogP contribution in [0.15, 0.2) is 30.6 Å². The molecule has 0 spiro atoms. The van der Waals surface area contributed by atoms with Gasteiger partial charge in [-0.05, 0) is 38.0 Å². The van der Waals surface area contributed by atoms with E-state index in [0.29, 0.717) is 36.0 Å². The number of carbonyl (C=O) groups is 2. The number of amides is 2. The summed E-state index contributed by atoms with van der Waals surface area (Å²) in [6, 6.07) is 6.64. The molecular formula is C23H26N8O4. The van der Waals surface area contributed by atoms with Crippen molar-refractivity contribution in [3.8, 4) is 17.1 Å². The molecule has 35 heavy (non-hydrogen) atoms. The average molecular weight is 482 g/mol. The van der Waals surface area contributed by atoms with Crippen molar-refractivity contribution in [1.29, 1.82) is 0 Å². The van der Waals surface area contributed by atoms with Crippen molar-refractivity contribution >= 4 is 23.2 Å². The van der Waals surface area contributed by atoms with Crippen molar-refractivity contribution in [3.63, 3.8) is 0 Å². The molecule has 0 radical (unpaired) electrons. The van der Waals surface area contributed by atoms with Crippen LogP contribution >= 0.6 is 0 Å². The molecule has 1 aromatic carbocycles. The minimum atomic E-state index is -2.75. The number of nitrogens with zero attached hydrogens (tertiary/aromatic N) is 5. The van der Waals surface area contributed by atoms with Crippen LogP contribution in [0, 0.1) is 0 Å². The molecule has 182 valence electrons. The molecule has 3 aromatic rings. The van der Waals surface area contributed by atoms with Crippen molar-refractivity contribution in [2.45, 2.75) is 31.3 Å².